The minimum Gasteiger partial charge on any atom is -0.256 e. The highest BCUT2D eigenvalue weighted by Gasteiger charge is 2.21. The molecule has 1 aliphatic carbocycles. The van der Waals surface area contributed by atoms with Gasteiger partial charge in [0.2, 0.25) is 5.95 Å². The number of aromatic nitrogens is 2. The van der Waals surface area contributed by atoms with Gasteiger partial charge in [-0.05, 0) is 47.9 Å². The molecule has 0 aliphatic heterocycles. The molecule has 0 fully saturated rings. The van der Waals surface area contributed by atoms with Gasteiger partial charge in [-0.2, -0.15) is 4.39 Å². The van der Waals surface area contributed by atoms with Gasteiger partial charge in [-0.15, -0.1) is 0 Å². The number of aryl methyl sites for hydroxylation is 1. The Morgan fingerprint density at radius 3 is 2.79 bits per heavy atom. The van der Waals surface area contributed by atoms with Gasteiger partial charge in [0.25, 0.3) is 0 Å². The van der Waals surface area contributed by atoms with Gasteiger partial charge in [0.15, 0.2) is 0 Å². The fourth-order valence-corrected chi connectivity index (χ4v) is 2.97. The van der Waals surface area contributed by atoms with Crippen LogP contribution in [0.1, 0.15) is 42.9 Å². The van der Waals surface area contributed by atoms with E-state index in [1.54, 1.807) is 0 Å². The molecule has 2 heterocycles. The third kappa shape index (κ3) is 2.14. The van der Waals surface area contributed by atoms with Crippen LogP contribution in [-0.4, -0.2) is 9.97 Å². The normalized spacial score (nSPS) is 13.9. The lowest BCUT2D eigenvalue weighted by Crippen LogP contribution is -2.02. The maximum absolute atomic E-state index is 13.3. The Labute approximate surface area is 112 Å². The number of halogens is 1. The van der Waals surface area contributed by atoms with Gasteiger partial charge in [-0.3, -0.25) is 4.98 Å². The molecule has 3 heteroatoms. The van der Waals surface area contributed by atoms with E-state index >= 15 is 0 Å². The highest BCUT2D eigenvalue weighted by molar-refractivity contribution is 5.66. The molecule has 98 valence electrons. The van der Waals surface area contributed by atoms with Crippen molar-refractivity contribution in [3.63, 3.8) is 0 Å². The van der Waals surface area contributed by atoms with Gasteiger partial charge >= 0.3 is 0 Å². The number of fused-ring (bicyclic) bond motifs is 1. The van der Waals surface area contributed by atoms with E-state index in [1.165, 1.54) is 35.4 Å². The lowest BCUT2D eigenvalue weighted by molar-refractivity contribution is 0.584. The fraction of sp³-hybridized carbons (Fsp3) is 0.375. The van der Waals surface area contributed by atoms with Gasteiger partial charge in [0.05, 0.1) is 5.69 Å². The second kappa shape index (κ2) is 4.72. The van der Waals surface area contributed by atoms with Crippen molar-refractivity contribution in [1.82, 2.24) is 9.97 Å². The van der Waals surface area contributed by atoms with Crippen LogP contribution in [0.15, 0.2) is 24.5 Å². The Morgan fingerprint density at radius 1 is 1.21 bits per heavy atom. The highest BCUT2D eigenvalue weighted by atomic mass is 19.1. The molecule has 0 amide bonds. The molecule has 0 saturated heterocycles. The zero-order valence-electron chi connectivity index (χ0n) is 11.3. The molecule has 0 bridgehead atoms. The summed E-state index contributed by atoms with van der Waals surface area (Å²) in [4.78, 5) is 8.21. The Balaban J connectivity index is 2.21. The smallest absolute Gasteiger partial charge is 0.213 e. The second-order valence-corrected chi connectivity index (χ2v) is 5.40. The van der Waals surface area contributed by atoms with Crippen LogP contribution in [0.3, 0.4) is 0 Å². The first-order chi connectivity index (χ1) is 9.16. The van der Waals surface area contributed by atoms with E-state index in [1.807, 2.05) is 12.3 Å². The molecule has 0 saturated carbocycles. The van der Waals surface area contributed by atoms with Crippen molar-refractivity contribution in [3.05, 3.63) is 47.2 Å². The Kier molecular flexibility index (Phi) is 3.05. The Bertz CT molecular complexity index is 620. The van der Waals surface area contributed by atoms with Crippen molar-refractivity contribution in [2.45, 2.75) is 39.0 Å². The fourth-order valence-electron chi connectivity index (χ4n) is 2.97. The average molecular weight is 256 g/mol. The summed E-state index contributed by atoms with van der Waals surface area (Å²) >= 11 is 0. The van der Waals surface area contributed by atoms with Crippen molar-refractivity contribution in [2.24, 2.45) is 0 Å². The molecule has 0 atom stereocenters. The first-order valence-corrected chi connectivity index (χ1v) is 6.79. The van der Waals surface area contributed by atoms with Crippen molar-refractivity contribution in [3.8, 4) is 11.3 Å². The molecule has 0 unspecified atom stereocenters. The van der Waals surface area contributed by atoms with Crippen LogP contribution in [0, 0.1) is 5.95 Å². The largest absolute Gasteiger partial charge is 0.256 e. The summed E-state index contributed by atoms with van der Waals surface area (Å²) in [5.41, 5.74) is 5.81. The van der Waals surface area contributed by atoms with Crippen LogP contribution in [0.4, 0.5) is 4.39 Å². The van der Waals surface area contributed by atoms with E-state index in [-0.39, 0.29) is 0 Å². The molecule has 2 aromatic heterocycles. The highest BCUT2D eigenvalue weighted by Crippen LogP contribution is 2.35. The van der Waals surface area contributed by atoms with E-state index in [4.69, 9.17) is 0 Å². The van der Waals surface area contributed by atoms with Gasteiger partial charge in [0, 0.05) is 24.0 Å². The molecule has 0 N–H and O–H groups in total. The average Bonchev–Trinajstić information content (AvgIpc) is 2.85. The van der Waals surface area contributed by atoms with Gasteiger partial charge in [-0.25, -0.2) is 4.98 Å². The maximum Gasteiger partial charge on any atom is 0.213 e. The second-order valence-electron chi connectivity index (χ2n) is 5.40. The lowest BCUT2D eigenvalue weighted by Gasteiger charge is -2.17. The summed E-state index contributed by atoms with van der Waals surface area (Å²) < 4.78 is 13.3. The minimum absolute atomic E-state index is 0.395. The standard InChI is InChI=1S/C16H17FN2/c1-10(2)15-13-5-3-4-12(13)9-19-16(15)11-6-7-18-14(17)8-11/h6-10H,3-5H2,1-2H3. The van der Waals surface area contributed by atoms with E-state index in [2.05, 4.69) is 23.8 Å². The van der Waals surface area contributed by atoms with E-state index in [0.717, 1.165) is 24.1 Å². The van der Waals surface area contributed by atoms with Crippen LogP contribution >= 0.6 is 0 Å². The summed E-state index contributed by atoms with van der Waals surface area (Å²) in [5, 5.41) is 0. The third-order valence-corrected chi connectivity index (χ3v) is 3.77. The number of pyridine rings is 2. The lowest BCUT2D eigenvalue weighted by atomic mass is 9.91. The van der Waals surface area contributed by atoms with E-state index in [0.29, 0.717) is 5.92 Å². The Morgan fingerprint density at radius 2 is 2.05 bits per heavy atom. The maximum atomic E-state index is 13.3. The number of nitrogens with zero attached hydrogens (tertiary/aromatic N) is 2. The van der Waals surface area contributed by atoms with Crippen molar-refractivity contribution >= 4 is 0 Å². The van der Waals surface area contributed by atoms with Crippen LogP contribution in [0.5, 0.6) is 0 Å². The molecule has 0 aromatic carbocycles. The summed E-state index contributed by atoms with van der Waals surface area (Å²) in [6.45, 7) is 4.35. The molecule has 19 heavy (non-hydrogen) atoms. The SMILES string of the molecule is CC(C)c1c(-c2ccnc(F)c2)ncc2c1CCC2. The monoisotopic (exact) mass is 256 g/mol. The van der Waals surface area contributed by atoms with Crippen molar-refractivity contribution in [1.29, 1.82) is 0 Å². The molecular weight excluding hydrogens is 239 g/mol. The summed E-state index contributed by atoms with van der Waals surface area (Å²) in [6, 6.07) is 3.30. The predicted molar refractivity (Wildman–Crippen MR) is 73.5 cm³/mol. The first kappa shape index (κ1) is 12.3. The molecule has 1 aliphatic rings. The van der Waals surface area contributed by atoms with Crippen molar-refractivity contribution in [2.75, 3.05) is 0 Å². The molecule has 3 rings (SSSR count). The van der Waals surface area contributed by atoms with Crippen LogP contribution in [0.2, 0.25) is 0 Å². The van der Waals surface area contributed by atoms with Crippen LogP contribution in [0.25, 0.3) is 11.3 Å². The minimum atomic E-state index is -0.450. The van der Waals surface area contributed by atoms with Crippen molar-refractivity contribution < 1.29 is 4.39 Å². The summed E-state index contributed by atoms with van der Waals surface area (Å²) in [5.74, 6) is -0.0544. The van der Waals surface area contributed by atoms with E-state index < -0.39 is 5.95 Å². The molecule has 0 spiro atoms. The number of rotatable bonds is 2. The molecular formula is C16H17FN2. The predicted octanol–water partition coefficient (Wildman–Crippen LogP) is 3.89. The number of hydrogen-bond acceptors (Lipinski definition) is 2. The zero-order valence-corrected chi connectivity index (χ0v) is 11.3. The van der Waals surface area contributed by atoms with Crippen LogP contribution in [-0.2, 0) is 12.8 Å². The quantitative estimate of drug-likeness (QED) is 0.762. The van der Waals surface area contributed by atoms with E-state index in [9.17, 15) is 4.39 Å². The van der Waals surface area contributed by atoms with Crippen LogP contribution < -0.4 is 0 Å². The first-order valence-electron chi connectivity index (χ1n) is 6.79. The Hall–Kier alpha value is -1.77. The van der Waals surface area contributed by atoms with Gasteiger partial charge in [-0.1, -0.05) is 13.8 Å². The topological polar surface area (TPSA) is 25.8 Å². The summed E-state index contributed by atoms with van der Waals surface area (Å²) in [7, 11) is 0. The van der Waals surface area contributed by atoms with Gasteiger partial charge < -0.3 is 0 Å². The van der Waals surface area contributed by atoms with Gasteiger partial charge in [0.1, 0.15) is 0 Å². The number of hydrogen-bond donors (Lipinski definition) is 0. The molecule has 2 nitrogen and oxygen atoms in total. The molecule has 0 radical (unpaired) electrons. The third-order valence-electron chi connectivity index (χ3n) is 3.77. The molecule has 2 aromatic rings. The zero-order chi connectivity index (χ0) is 13.4. The summed E-state index contributed by atoms with van der Waals surface area (Å²) in [6.07, 6.45) is 6.90.